The molecule has 1 aliphatic carbocycles. The lowest BCUT2D eigenvalue weighted by Gasteiger charge is -2.39. The summed E-state index contributed by atoms with van der Waals surface area (Å²) in [6.45, 7) is 7.69. The second kappa shape index (κ2) is 7.43. The predicted molar refractivity (Wildman–Crippen MR) is 99.1 cm³/mol. The molecule has 1 heterocycles. The number of ketones is 1. The fraction of sp³-hybridized carbons (Fsp3) is 0.476. The minimum absolute atomic E-state index is 0.0127. The molecule has 3 unspecified atom stereocenters. The first kappa shape index (κ1) is 19.5. The maximum atomic E-state index is 14.4. The molecule has 0 spiro atoms. The SMILES string of the molecule is C=CC(C)C1C[C@]2(C(C)Cc3cc(F)c(NC)cc3F)OCOC2=CC1=O. The average Bonchev–Trinajstić information content (AvgIpc) is 3.06. The quantitative estimate of drug-likeness (QED) is 0.754. The molecule has 146 valence electrons. The van der Waals surface area contributed by atoms with Crippen LogP contribution in [-0.4, -0.2) is 25.2 Å². The Kier molecular flexibility index (Phi) is 5.38. The zero-order chi connectivity index (χ0) is 19.8. The van der Waals surface area contributed by atoms with Crippen LogP contribution >= 0.6 is 0 Å². The summed E-state index contributed by atoms with van der Waals surface area (Å²) in [4.78, 5) is 12.5. The molecule has 1 aliphatic heterocycles. The second-order valence-corrected chi connectivity index (χ2v) is 7.39. The highest BCUT2D eigenvalue weighted by Crippen LogP contribution is 2.47. The van der Waals surface area contributed by atoms with Crippen molar-refractivity contribution in [2.45, 2.75) is 32.3 Å². The van der Waals surface area contributed by atoms with E-state index in [1.54, 1.807) is 13.1 Å². The molecule has 1 saturated heterocycles. The number of fused-ring (bicyclic) bond motifs is 1. The fourth-order valence-corrected chi connectivity index (χ4v) is 4.00. The maximum Gasteiger partial charge on any atom is 0.189 e. The number of carbonyl (C=O) groups excluding carboxylic acids is 1. The van der Waals surface area contributed by atoms with Gasteiger partial charge in [0.15, 0.2) is 12.6 Å². The molecule has 0 radical (unpaired) electrons. The van der Waals surface area contributed by atoms with Crippen molar-refractivity contribution in [2.24, 2.45) is 17.8 Å². The van der Waals surface area contributed by atoms with E-state index in [-0.39, 0.29) is 48.0 Å². The molecule has 0 saturated carbocycles. The first-order valence-corrected chi connectivity index (χ1v) is 9.13. The molecule has 1 aromatic carbocycles. The molecule has 0 bridgehead atoms. The minimum Gasteiger partial charge on any atom is -0.469 e. The molecule has 1 aromatic rings. The Hall–Kier alpha value is -2.21. The fourth-order valence-electron chi connectivity index (χ4n) is 4.00. The number of anilines is 1. The summed E-state index contributed by atoms with van der Waals surface area (Å²) >= 11 is 0. The van der Waals surface area contributed by atoms with Gasteiger partial charge in [-0.2, -0.15) is 0 Å². The molecular formula is C21H25F2NO3. The van der Waals surface area contributed by atoms with Crippen molar-refractivity contribution in [2.75, 3.05) is 19.2 Å². The lowest BCUT2D eigenvalue weighted by Crippen LogP contribution is -2.46. The summed E-state index contributed by atoms with van der Waals surface area (Å²) in [6.07, 6.45) is 3.95. The number of allylic oxidation sites excluding steroid dienone is 2. The van der Waals surface area contributed by atoms with Crippen molar-refractivity contribution in [1.29, 1.82) is 0 Å². The van der Waals surface area contributed by atoms with Gasteiger partial charge in [0.05, 0.1) is 5.69 Å². The molecule has 1 fully saturated rings. The van der Waals surface area contributed by atoms with Gasteiger partial charge < -0.3 is 14.8 Å². The number of benzene rings is 1. The van der Waals surface area contributed by atoms with E-state index in [0.29, 0.717) is 12.2 Å². The molecule has 27 heavy (non-hydrogen) atoms. The van der Waals surface area contributed by atoms with Crippen molar-refractivity contribution < 1.29 is 23.0 Å². The van der Waals surface area contributed by atoms with Crippen LogP contribution < -0.4 is 5.32 Å². The number of ether oxygens (including phenoxy) is 2. The van der Waals surface area contributed by atoms with Crippen LogP contribution in [0.5, 0.6) is 0 Å². The summed E-state index contributed by atoms with van der Waals surface area (Å²) in [5, 5.41) is 2.63. The van der Waals surface area contributed by atoms with E-state index >= 15 is 0 Å². The van der Waals surface area contributed by atoms with Crippen LogP contribution in [0.4, 0.5) is 14.5 Å². The molecular weight excluding hydrogens is 352 g/mol. The Bertz CT molecular complexity index is 792. The second-order valence-electron chi connectivity index (χ2n) is 7.39. The van der Waals surface area contributed by atoms with Crippen LogP contribution in [0, 0.1) is 29.4 Å². The molecule has 6 heteroatoms. The van der Waals surface area contributed by atoms with E-state index in [2.05, 4.69) is 11.9 Å². The number of carbonyl (C=O) groups is 1. The van der Waals surface area contributed by atoms with Gasteiger partial charge in [-0.05, 0) is 36.3 Å². The number of nitrogens with one attached hydrogen (secondary N) is 1. The summed E-state index contributed by atoms with van der Waals surface area (Å²) in [5.41, 5.74) is -0.430. The molecule has 3 rings (SSSR count). The van der Waals surface area contributed by atoms with Crippen LogP contribution in [0.25, 0.3) is 0 Å². The average molecular weight is 377 g/mol. The molecule has 0 amide bonds. The van der Waals surface area contributed by atoms with E-state index in [4.69, 9.17) is 9.47 Å². The van der Waals surface area contributed by atoms with Crippen LogP contribution in [0.1, 0.15) is 25.8 Å². The van der Waals surface area contributed by atoms with E-state index < -0.39 is 17.2 Å². The van der Waals surface area contributed by atoms with Gasteiger partial charge in [-0.3, -0.25) is 4.79 Å². The third-order valence-electron chi connectivity index (χ3n) is 5.84. The van der Waals surface area contributed by atoms with E-state index in [1.165, 1.54) is 12.1 Å². The zero-order valence-corrected chi connectivity index (χ0v) is 15.9. The largest absolute Gasteiger partial charge is 0.469 e. The molecule has 2 aliphatic rings. The Morgan fingerprint density at radius 3 is 2.78 bits per heavy atom. The lowest BCUT2D eigenvalue weighted by molar-refractivity contribution is -0.124. The summed E-state index contributed by atoms with van der Waals surface area (Å²) in [5.74, 6) is -1.02. The smallest absolute Gasteiger partial charge is 0.189 e. The number of hydrogen-bond acceptors (Lipinski definition) is 4. The van der Waals surface area contributed by atoms with Gasteiger partial charge in [-0.15, -0.1) is 6.58 Å². The van der Waals surface area contributed by atoms with Gasteiger partial charge >= 0.3 is 0 Å². The number of rotatable bonds is 6. The van der Waals surface area contributed by atoms with Gasteiger partial charge in [0.25, 0.3) is 0 Å². The maximum absolute atomic E-state index is 14.4. The molecule has 0 aromatic heterocycles. The minimum atomic E-state index is -0.819. The Morgan fingerprint density at radius 2 is 2.11 bits per heavy atom. The third kappa shape index (κ3) is 3.38. The summed E-state index contributed by atoms with van der Waals surface area (Å²) < 4.78 is 40.1. The first-order valence-electron chi connectivity index (χ1n) is 9.13. The monoisotopic (exact) mass is 377 g/mol. The van der Waals surface area contributed by atoms with Crippen molar-refractivity contribution >= 4 is 11.5 Å². The highest BCUT2D eigenvalue weighted by Gasteiger charge is 2.52. The summed E-state index contributed by atoms with van der Waals surface area (Å²) in [6, 6.07) is 2.37. The molecule has 4 nitrogen and oxygen atoms in total. The van der Waals surface area contributed by atoms with Crippen molar-refractivity contribution in [1.82, 2.24) is 0 Å². The first-order chi connectivity index (χ1) is 12.8. The van der Waals surface area contributed by atoms with Crippen molar-refractivity contribution in [3.05, 3.63) is 53.8 Å². The normalized spacial score (nSPS) is 26.6. The Morgan fingerprint density at radius 1 is 1.37 bits per heavy atom. The van der Waals surface area contributed by atoms with Crippen LogP contribution in [-0.2, 0) is 20.7 Å². The molecule has 4 atom stereocenters. The molecule has 1 N–H and O–H groups in total. The van der Waals surface area contributed by atoms with Crippen molar-refractivity contribution in [3.63, 3.8) is 0 Å². The van der Waals surface area contributed by atoms with E-state index in [0.717, 1.165) is 6.07 Å². The number of hydrogen-bond donors (Lipinski definition) is 1. The van der Waals surface area contributed by atoms with Crippen molar-refractivity contribution in [3.8, 4) is 0 Å². The Balaban J connectivity index is 1.91. The van der Waals surface area contributed by atoms with Gasteiger partial charge in [-0.1, -0.05) is 19.9 Å². The van der Waals surface area contributed by atoms with Crippen LogP contribution in [0.3, 0.4) is 0 Å². The topological polar surface area (TPSA) is 47.6 Å². The lowest BCUT2D eigenvalue weighted by atomic mass is 9.69. The van der Waals surface area contributed by atoms with Gasteiger partial charge in [-0.25, -0.2) is 8.78 Å². The van der Waals surface area contributed by atoms with Gasteiger partial charge in [0.2, 0.25) is 0 Å². The summed E-state index contributed by atoms with van der Waals surface area (Å²) in [7, 11) is 1.54. The zero-order valence-electron chi connectivity index (χ0n) is 15.9. The van der Waals surface area contributed by atoms with Crippen LogP contribution in [0.15, 0.2) is 36.6 Å². The highest BCUT2D eigenvalue weighted by atomic mass is 19.1. The van der Waals surface area contributed by atoms with E-state index in [1.807, 2.05) is 13.8 Å². The van der Waals surface area contributed by atoms with Gasteiger partial charge in [0.1, 0.15) is 23.0 Å². The Labute approximate surface area is 158 Å². The van der Waals surface area contributed by atoms with Gasteiger partial charge in [0, 0.05) is 25.1 Å². The standard InChI is InChI=1S/C21H25F2NO3/c1-5-12(2)15-10-21(20(9-19(15)25)26-11-27-21)13(3)6-14-7-17(23)18(24-4)8-16(14)22/h5,7-9,12-13,15,24H,1,6,10-11H2,2-4H3/t12?,13?,15?,21-/m1/s1. The third-order valence-corrected chi connectivity index (χ3v) is 5.84. The predicted octanol–water partition coefficient (Wildman–Crippen LogP) is 4.22. The van der Waals surface area contributed by atoms with Crippen LogP contribution in [0.2, 0.25) is 0 Å². The number of halogens is 2. The highest BCUT2D eigenvalue weighted by molar-refractivity contribution is 5.94. The van der Waals surface area contributed by atoms with E-state index in [9.17, 15) is 13.6 Å².